The first-order chi connectivity index (χ1) is 9.12. The summed E-state index contributed by atoms with van der Waals surface area (Å²) < 4.78 is 20.8. The molecule has 0 atom stereocenters. The normalized spacial score (nSPS) is 10.3. The van der Waals surface area contributed by atoms with E-state index in [1.807, 2.05) is 6.92 Å². The van der Waals surface area contributed by atoms with Crippen LogP contribution in [0.15, 0.2) is 16.7 Å². The quantitative estimate of drug-likeness (QED) is 0.912. The lowest BCUT2D eigenvalue weighted by atomic mass is 10.1. The second-order valence-corrected chi connectivity index (χ2v) is 3.93. The average molecular weight is 264 g/mol. The molecule has 6 heteroatoms. The van der Waals surface area contributed by atoms with Crippen molar-refractivity contribution >= 4 is 5.88 Å². The largest absolute Gasteiger partial charge is 0.496 e. The molecular formula is C13H16N2O4. The Bertz CT molecular complexity index is 593. The van der Waals surface area contributed by atoms with Crippen molar-refractivity contribution in [2.75, 3.05) is 27.1 Å². The van der Waals surface area contributed by atoms with Crippen LogP contribution in [0.3, 0.4) is 0 Å². The Morgan fingerprint density at radius 1 is 1.00 bits per heavy atom. The molecule has 0 saturated heterocycles. The van der Waals surface area contributed by atoms with Gasteiger partial charge in [0.2, 0.25) is 5.88 Å². The van der Waals surface area contributed by atoms with Crippen LogP contribution in [0.1, 0.15) is 5.56 Å². The van der Waals surface area contributed by atoms with Crippen LogP contribution in [0.2, 0.25) is 0 Å². The molecule has 0 amide bonds. The van der Waals surface area contributed by atoms with Crippen molar-refractivity contribution in [1.29, 1.82) is 0 Å². The van der Waals surface area contributed by atoms with Crippen LogP contribution in [0.25, 0.3) is 11.3 Å². The van der Waals surface area contributed by atoms with E-state index in [0.29, 0.717) is 22.9 Å². The van der Waals surface area contributed by atoms with Crippen LogP contribution in [0.5, 0.6) is 17.2 Å². The van der Waals surface area contributed by atoms with Crippen LogP contribution in [0.4, 0.5) is 5.88 Å². The van der Waals surface area contributed by atoms with Crippen LogP contribution in [0, 0.1) is 6.92 Å². The molecule has 19 heavy (non-hydrogen) atoms. The third-order valence-corrected chi connectivity index (χ3v) is 2.92. The standard InChI is InChI=1S/C13H16N2O4/c1-7-12(15-19-13(7)14)8-5-10(17-3)11(18-4)6-9(8)16-2/h5-6H,14H2,1-4H3. The predicted molar refractivity (Wildman–Crippen MR) is 70.7 cm³/mol. The maximum atomic E-state index is 5.67. The molecule has 1 aromatic heterocycles. The van der Waals surface area contributed by atoms with E-state index in [1.54, 1.807) is 33.5 Å². The van der Waals surface area contributed by atoms with Crippen molar-refractivity contribution in [3.63, 3.8) is 0 Å². The summed E-state index contributed by atoms with van der Waals surface area (Å²) >= 11 is 0. The number of nitrogen functional groups attached to an aromatic ring is 1. The Kier molecular flexibility index (Phi) is 3.50. The summed E-state index contributed by atoms with van der Waals surface area (Å²) in [7, 11) is 4.71. The van der Waals surface area contributed by atoms with Crippen LogP contribution < -0.4 is 19.9 Å². The van der Waals surface area contributed by atoms with Crippen molar-refractivity contribution < 1.29 is 18.7 Å². The van der Waals surface area contributed by atoms with Gasteiger partial charge in [0, 0.05) is 11.6 Å². The first kappa shape index (κ1) is 13.1. The second-order valence-electron chi connectivity index (χ2n) is 3.93. The minimum atomic E-state index is 0.284. The van der Waals surface area contributed by atoms with Crippen LogP contribution >= 0.6 is 0 Å². The number of aromatic nitrogens is 1. The minimum absolute atomic E-state index is 0.284. The Morgan fingerprint density at radius 3 is 2.05 bits per heavy atom. The monoisotopic (exact) mass is 264 g/mol. The molecule has 0 radical (unpaired) electrons. The van der Waals surface area contributed by atoms with Gasteiger partial charge < -0.3 is 24.5 Å². The highest BCUT2D eigenvalue weighted by Crippen LogP contribution is 2.41. The molecule has 1 heterocycles. The van der Waals surface area contributed by atoms with Gasteiger partial charge in [0.05, 0.1) is 26.9 Å². The predicted octanol–water partition coefficient (Wildman–Crippen LogP) is 2.26. The molecular weight excluding hydrogens is 248 g/mol. The van der Waals surface area contributed by atoms with Gasteiger partial charge in [-0.2, -0.15) is 0 Å². The number of hydrogen-bond acceptors (Lipinski definition) is 6. The number of anilines is 1. The van der Waals surface area contributed by atoms with Gasteiger partial charge in [-0.3, -0.25) is 0 Å². The Labute approximate surface area is 111 Å². The third kappa shape index (κ3) is 2.16. The van der Waals surface area contributed by atoms with E-state index in [2.05, 4.69) is 5.16 Å². The fraction of sp³-hybridized carbons (Fsp3) is 0.308. The molecule has 2 rings (SSSR count). The van der Waals surface area contributed by atoms with E-state index in [9.17, 15) is 0 Å². The highest BCUT2D eigenvalue weighted by Gasteiger charge is 2.19. The molecule has 102 valence electrons. The number of hydrogen-bond donors (Lipinski definition) is 1. The molecule has 2 aromatic rings. The molecule has 6 nitrogen and oxygen atoms in total. The molecule has 0 spiro atoms. The number of rotatable bonds is 4. The molecule has 0 aliphatic carbocycles. The van der Waals surface area contributed by atoms with Gasteiger partial charge in [-0.25, -0.2) is 0 Å². The maximum Gasteiger partial charge on any atom is 0.225 e. The van der Waals surface area contributed by atoms with Crippen molar-refractivity contribution in [3.8, 4) is 28.5 Å². The third-order valence-electron chi connectivity index (χ3n) is 2.92. The first-order valence-corrected chi connectivity index (χ1v) is 5.64. The summed E-state index contributed by atoms with van der Waals surface area (Å²) in [6.45, 7) is 1.83. The summed E-state index contributed by atoms with van der Waals surface area (Å²) in [5.41, 5.74) is 7.78. The Morgan fingerprint density at radius 2 is 1.58 bits per heavy atom. The lowest BCUT2D eigenvalue weighted by molar-refractivity contribution is 0.349. The zero-order valence-corrected chi connectivity index (χ0v) is 11.3. The van der Waals surface area contributed by atoms with E-state index in [1.165, 1.54) is 0 Å². The van der Waals surface area contributed by atoms with Crippen molar-refractivity contribution in [2.45, 2.75) is 6.92 Å². The molecule has 2 N–H and O–H groups in total. The lowest BCUT2D eigenvalue weighted by Crippen LogP contribution is -1.95. The summed E-state index contributed by atoms with van der Waals surface area (Å²) in [4.78, 5) is 0. The molecule has 0 unspecified atom stereocenters. The van der Waals surface area contributed by atoms with E-state index in [0.717, 1.165) is 11.1 Å². The number of nitrogens with zero attached hydrogens (tertiary/aromatic N) is 1. The SMILES string of the molecule is COc1cc(OC)c(-c2noc(N)c2C)cc1OC. The van der Waals surface area contributed by atoms with Crippen LogP contribution in [-0.4, -0.2) is 26.5 Å². The highest BCUT2D eigenvalue weighted by molar-refractivity contribution is 5.75. The van der Waals surface area contributed by atoms with Gasteiger partial charge in [0.1, 0.15) is 11.4 Å². The van der Waals surface area contributed by atoms with Crippen LogP contribution in [-0.2, 0) is 0 Å². The zero-order valence-electron chi connectivity index (χ0n) is 11.3. The van der Waals surface area contributed by atoms with E-state index < -0.39 is 0 Å². The summed E-state index contributed by atoms with van der Waals surface area (Å²) in [5, 5.41) is 3.95. The smallest absolute Gasteiger partial charge is 0.225 e. The van der Waals surface area contributed by atoms with Gasteiger partial charge in [0.25, 0.3) is 0 Å². The maximum absolute atomic E-state index is 5.67. The number of benzene rings is 1. The molecule has 0 bridgehead atoms. The second kappa shape index (κ2) is 5.09. The van der Waals surface area contributed by atoms with Gasteiger partial charge in [-0.15, -0.1) is 0 Å². The van der Waals surface area contributed by atoms with Crippen molar-refractivity contribution in [3.05, 3.63) is 17.7 Å². The van der Waals surface area contributed by atoms with Crippen molar-refractivity contribution in [1.82, 2.24) is 5.16 Å². The Balaban J connectivity index is 2.65. The van der Waals surface area contributed by atoms with E-state index in [-0.39, 0.29) is 5.88 Å². The molecule has 0 fully saturated rings. The number of methoxy groups -OCH3 is 3. The molecule has 0 aliphatic heterocycles. The first-order valence-electron chi connectivity index (χ1n) is 5.64. The van der Waals surface area contributed by atoms with Crippen molar-refractivity contribution in [2.24, 2.45) is 0 Å². The minimum Gasteiger partial charge on any atom is -0.496 e. The number of ether oxygens (including phenoxy) is 3. The number of nitrogens with two attached hydrogens (primary N) is 1. The Hall–Kier alpha value is -2.37. The topological polar surface area (TPSA) is 79.7 Å². The zero-order chi connectivity index (χ0) is 14.0. The summed E-state index contributed by atoms with van der Waals surface area (Å²) in [5.74, 6) is 2.05. The molecule has 0 saturated carbocycles. The average Bonchev–Trinajstić information content (AvgIpc) is 2.77. The van der Waals surface area contributed by atoms with E-state index >= 15 is 0 Å². The summed E-state index contributed by atoms with van der Waals surface area (Å²) in [6.07, 6.45) is 0. The molecule has 0 aliphatic rings. The lowest BCUT2D eigenvalue weighted by Gasteiger charge is -2.13. The fourth-order valence-corrected chi connectivity index (χ4v) is 1.81. The van der Waals surface area contributed by atoms with E-state index in [4.69, 9.17) is 24.5 Å². The van der Waals surface area contributed by atoms with Gasteiger partial charge in [-0.05, 0) is 13.0 Å². The van der Waals surface area contributed by atoms with Gasteiger partial charge in [0.15, 0.2) is 11.5 Å². The van der Waals surface area contributed by atoms with Gasteiger partial charge in [-0.1, -0.05) is 5.16 Å². The summed E-state index contributed by atoms with van der Waals surface area (Å²) in [6, 6.07) is 3.51. The highest BCUT2D eigenvalue weighted by atomic mass is 16.5. The molecule has 1 aromatic carbocycles. The fourth-order valence-electron chi connectivity index (χ4n) is 1.81. The van der Waals surface area contributed by atoms with Gasteiger partial charge >= 0.3 is 0 Å².